The number of ether oxygens (including phenoxy) is 1. The summed E-state index contributed by atoms with van der Waals surface area (Å²) in [7, 11) is 0. The van der Waals surface area contributed by atoms with Crippen molar-refractivity contribution in [2.45, 2.75) is 51.1 Å². The van der Waals surface area contributed by atoms with E-state index in [0.717, 1.165) is 32.5 Å². The van der Waals surface area contributed by atoms with Crippen LogP contribution in [0.3, 0.4) is 0 Å². The Labute approximate surface area is 104 Å². The molecule has 98 valence electrons. The third-order valence-corrected chi connectivity index (χ3v) is 3.76. The molecular formula is C13H24N2O2. The van der Waals surface area contributed by atoms with Gasteiger partial charge >= 0.3 is 5.97 Å². The Morgan fingerprint density at radius 2 is 2.35 bits per heavy atom. The molecule has 2 rings (SSSR count). The summed E-state index contributed by atoms with van der Waals surface area (Å²) in [4.78, 5) is 14.0. The highest BCUT2D eigenvalue weighted by atomic mass is 16.5. The summed E-state index contributed by atoms with van der Waals surface area (Å²) in [5.74, 6) is -0.0147. The maximum absolute atomic E-state index is 11.7. The first-order chi connectivity index (χ1) is 8.31. The summed E-state index contributed by atoms with van der Waals surface area (Å²) >= 11 is 0. The van der Waals surface area contributed by atoms with Crippen LogP contribution in [0.2, 0.25) is 0 Å². The standard InChI is InChI=1S/C13H24N2O2/c1-2-3-8-15(10-11-5-4-7-14-11)12-6-9-17-13(12)16/h11-12,14H,2-10H2,1H3. The monoisotopic (exact) mass is 240 g/mol. The number of nitrogens with one attached hydrogen (secondary N) is 1. The number of esters is 1. The van der Waals surface area contributed by atoms with Crippen molar-refractivity contribution in [2.75, 3.05) is 26.2 Å². The van der Waals surface area contributed by atoms with Gasteiger partial charge in [-0.3, -0.25) is 9.69 Å². The minimum absolute atomic E-state index is 0.0147. The van der Waals surface area contributed by atoms with Gasteiger partial charge in [0, 0.05) is 19.0 Å². The molecule has 2 aliphatic heterocycles. The van der Waals surface area contributed by atoms with E-state index in [0.29, 0.717) is 12.6 Å². The molecule has 2 aliphatic rings. The van der Waals surface area contributed by atoms with Gasteiger partial charge in [0.25, 0.3) is 0 Å². The number of hydrogen-bond acceptors (Lipinski definition) is 4. The molecule has 2 atom stereocenters. The number of rotatable bonds is 6. The smallest absolute Gasteiger partial charge is 0.323 e. The lowest BCUT2D eigenvalue weighted by atomic mass is 10.1. The quantitative estimate of drug-likeness (QED) is 0.707. The summed E-state index contributed by atoms with van der Waals surface area (Å²) < 4.78 is 5.09. The fraction of sp³-hybridized carbons (Fsp3) is 0.923. The largest absolute Gasteiger partial charge is 0.464 e. The van der Waals surface area contributed by atoms with E-state index in [1.165, 1.54) is 19.3 Å². The molecule has 0 spiro atoms. The Kier molecular flexibility index (Phi) is 4.80. The fourth-order valence-electron chi connectivity index (χ4n) is 2.75. The first-order valence-corrected chi connectivity index (χ1v) is 6.95. The van der Waals surface area contributed by atoms with Gasteiger partial charge < -0.3 is 10.1 Å². The van der Waals surface area contributed by atoms with E-state index in [4.69, 9.17) is 4.74 Å². The molecule has 2 saturated heterocycles. The molecule has 0 saturated carbocycles. The fourth-order valence-corrected chi connectivity index (χ4v) is 2.75. The average molecular weight is 240 g/mol. The zero-order valence-corrected chi connectivity index (χ0v) is 10.8. The van der Waals surface area contributed by atoms with E-state index in [1.807, 2.05) is 0 Å². The third kappa shape index (κ3) is 3.42. The van der Waals surface area contributed by atoms with Crippen LogP contribution in [0.15, 0.2) is 0 Å². The van der Waals surface area contributed by atoms with Crippen LogP contribution in [0.1, 0.15) is 39.0 Å². The van der Waals surface area contributed by atoms with Gasteiger partial charge in [-0.25, -0.2) is 0 Å². The van der Waals surface area contributed by atoms with E-state index < -0.39 is 0 Å². The Hall–Kier alpha value is -0.610. The highest BCUT2D eigenvalue weighted by molar-refractivity contribution is 5.77. The maximum Gasteiger partial charge on any atom is 0.323 e. The summed E-state index contributed by atoms with van der Waals surface area (Å²) in [6.07, 6.45) is 5.72. The van der Waals surface area contributed by atoms with Gasteiger partial charge in [0.15, 0.2) is 0 Å². The van der Waals surface area contributed by atoms with Crippen LogP contribution in [0.5, 0.6) is 0 Å². The highest BCUT2D eigenvalue weighted by Crippen LogP contribution is 2.17. The van der Waals surface area contributed by atoms with Crippen LogP contribution in [-0.4, -0.2) is 49.2 Å². The molecule has 2 unspecified atom stereocenters. The van der Waals surface area contributed by atoms with Gasteiger partial charge in [0.05, 0.1) is 6.61 Å². The third-order valence-electron chi connectivity index (χ3n) is 3.76. The molecular weight excluding hydrogens is 216 g/mol. The molecule has 4 heteroatoms. The lowest BCUT2D eigenvalue weighted by Gasteiger charge is -2.28. The van der Waals surface area contributed by atoms with Gasteiger partial charge in [-0.05, 0) is 32.4 Å². The van der Waals surface area contributed by atoms with Crippen molar-refractivity contribution in [3.8, 4) is 0 Å². The normalized spacial score (nSPS) is 28.9. The van der Waals surface area contributed by atoms with Crippen LogP contribution >= 0.6 is 0 Å². The first kappa shape index (κ1) is 12.8. The van der Waals surface area contributed by atoms with Gasteiger partial charge in [-0.1, -0.05) is 13.3 Å². The van der Waals surface area contributed by atoms with Gasteiger partial charge in [-0.2, -0.15) is 0 Å². The number of unbranched alkanes of at least 4 members (excludes halogenated alkanes) is 1. The lowest BCUT2D eigenvalue weighted by molar-refractivity contribution is -0.142. The summed E-state index contributed by atoms with van der Waals surface area (Å²) in [5.41, 5.74) is 0. The zero-order valence-electron chi connectivity index (χ0n) is 10.8. The molecule has 1 N–H and O–H groups in total. The van der Waals surface area contributed by atoms with Crippen LogP contribution in [0, 0.1) is 0 Å². The zero-order chi connectivity index (χ0) is 12.1. The van der Waals surface area contributed by atoms with Crippen molar-refractivity contribution >= 4 is 5.97 Å². The maximum atomic E-state index is 11.7. The molecule has 0 bridgehead atoms. The Balaban J connectivity index is 1.89. The Morgan fingerprint density at radius 1 is 1.47 bits per heavy atom. The van der Waals surface area contributed by atoms with Gasteiger partial charge in [-0.15, -0.1) is 0 Å². The Morgan fingerprint density at radius 3 is 2.94 bits per heavy atom. The number of nitrogens with zero attached hydrogens (tertiary/aromatic N) is 1. The number of carbonyl (C=O) groups is 1. The summed E-state index contributed by atoms with van der Waals surface area (Å²) in [5, 5.41) is 3.51. The minimum Gasteiger partial charge on any atom is -0.464 e. The van der Waals surface area contributed by atoms with Gasteiger partial charge in [0.1, 0.15) is 6.04 Å². The first-order valence-electron chi connectivity index (χ1n) is 6.95. The van der Waals surface area contributed by atoms with Crippen molar-refractivity contribution in [3.05, 3.63) is 0 Å². The van der Waals surface area contributed by atoms with Crippen molar-refractivity contribution in [1.29, 1.82) is 0 Å². The summed E-state index contributed by atoms with van der Waals surface area (Å²) in [6.45, 7) is 5.94. The number of carbonyl (C=O) groups excluding carboxylic acids is 1. The van der Waals surface area contributed by atoms with E-state index in [2.05, 4.69) is 17.1 Å². The lowest BCUT2D eigenvalue weighted by Crippen LogP contribution is -2.45. The molecule has 0 aromatic rings. The predicted molar refractivity (Wildman–Crippen MR) is 66.9 cm³/mol. The molecule has 0 amide bonds. The van der Waals surface area contributed by atoms with Crippen molar-refractivity contribution in [1.82, 2.24) is 10.2 Å². The highest BCUT2D eigenvalue weighted by Gasteiger charge is 2.33. The minimum atomic E-state index is -0.0147. The van der Waals surface area contributed by atoms with E-state index in [9.17, 15) is 4.79 Å². The molecule has 2 fully saturated rings. The second-order valence-corrected chi connectivity index (χ2v) is 5.11. The predicted octanol–water partition coefficient (Wildman–Crippen LogP) is 1.16. The number of cyclic esters (lactones) is 1. The topological polar surface area (TPSA) is 41.6 Å². The average Bonchev–Trinajstić information content (AvgIpc) is 2.95. The molecule has 17 heavy (non-hydrogen) atoms. The molecule has 0 aliphatic carbocycles. The van der Waals surface area contributed by atoms with E-state index in [-0.39, 0.29) is 12.0 Å². The van der Waals surface area contributed by atoms with Crippen LogP contribution in [-0.2, 0) is 9.53 Å². The van der Waals surface area contributed by atoms with Crippen LogP contribution in [0.25, 0.3) is 0 Å². The van der Waals surface area contributed by atoms with Crippen molar-refractivity contribution < 1.29 is 9.53 Å². The number of hydrogen-bond donors (Lipinski definition) is 1. The second-order valence-electron chi connectivity index (χ2n) is 5.11. The summed E-state index contributed by atoms with van der Waals surface area (Å²) in [6, 6.07) is 0.587. The molecule has 4 nitrogen and oxygen atoms in total. The molecule has 0 radical (unpaired) electrons. The van der Waals surface area contributed by atoms with Gasteiger partial charge in [0.2, 0.25) is 0 Å². The van der Waals surface area contributed by atoms with Crippen LogP contribution in [0.4, 0.5) is 0 Å². The second kappa shape index (κ2) is 6.36. The SMILES string of the molecule is CCCCN(CC1CCCN1)C1CCOC1=O. The van der Waals surface area contributed by atoms with Crippen molar-refractivity contribution in [3.63, 3.8) is 0 Å². The molecule has 0 aromatic carbocycles. The molecule has 2 heterocycles. The van der Waals surface area contributed by atoms with E-state index >= 15 is 0 Å². The van der Waals surface area contributed by atoms with Crippen LogP contribution < -0.4 is 5.32 Å². The Bertz CT molecular complexity index is 252. The molecule has 0 aromatic heterocycles. The van der Waals surface area contributed by atoms with E-state index in [1.54, 1.807) is 0 Å². The van der Waals surface area contributed by atoms with Crippen molar-refractivity contribution in [2.24, 2.45) is 0 Å².